The van der Waals surface area contributed by atoms with Crippen molar-refractivity contribution in [2.24, 2.45) is 5.14 Å². The first-order valence-corrected chi connectivity index (χ1v) is 7.73. The third kappa shape index (κ3) is 3.37. The highest BCUT2D eigenvalue weighted by atomic mass is 32.2. The molecule has 1 aromatic rings. The number of rotatable bonds is 4. The summed E-state index contributed by atoms with van der Waals surface area (Å²) in [6.07, 6.45) is 3.63. The first-order valence-electron chi connectivity index (χ1n) is 6.19. The van der Waals surface area contributed by atoms with E-state index in [1.807, 2.05) is 0 Å². The van der Waals surface area contributed by atoms with Gasteiger partial charge in [-0.25, -0.2) is 13.6 Å². The zero-order valence-electron chi connectivity index (χ0n) is 10.6. The van der Waals surface area contributed by atoms with Gasteiger partial charge in [0.2, 0.25) is 10.0 Å². The van der Waals surface area contributed by atoms with Gasteiger partial charge in [-0.05, 0) is 31.0 Å². The van der Waals surface area contributed by atoms with Crippen molar-refractivity contribution in [3.8, 4) is 0 Å². The molecule has 0 bridgehead atoms. The van der Waals surface area contributed by atoms with Crippen molar-refractivity contribution in [3.05, 3.63) is 18.2 Å². The Bertz CT molecular complexity index is 566. The second-order valence-corrected chi connectivity index (χ2v) is 6.61. The van der Waals surface area contributed by atoms with Gasteiger partial charge in [0.05, 0.1) is 11.3 Å². The second kappa shape index (κ2) is 4.99. The number of nitrogen functional groups attached to an aromatic ring is 1. The summed E-state index contributed by atoms with van der Waals surface area (Å²) in [7, 11) is -3.80. The van der Waals surface area contributed by atoms with Crippen LogP contribution in [0.15, 0.2) is 23.1 Å². The van der Waals surface area contributed by atoms with Crippen molar-refractivity contribution in [2.45, 2.75) is 36.2 Å². The summed E-state index contributed by atoms with van der Waals surface area (Å²) in [6, 6.07) is 4.47. The Morgan fingerprint density at radius 1 is 1.32 bits per heavy atom. The van der Waals surface area contributed by atoms with Crippen molar-refractivity contribution in [3.63, 3.8) is 0 Å². The predicted octanol–water partition coefficient (Wildman–Crippen LogP) is 0.633. The van der Waals surface area contributed by atoms with E-state index in [9.17, 15) is 13.5 Å². The third-order valence-electron chi connectivity index (χ3n) is 3.47. The smallest absolute Gasteiger partial charge is 0.240 e. The molecule has 6 N–H and O–H groups in total. The van der Waals surface area contributed by atoms with Crippen LogP contribution < -0.4 is 16.2 Å². The maximum absolute atomic E-state index is 11.2. The summed E-state index contributed by atoms with van der Waals surface area (Å²) in [5.74, 6) is 0. The van der Waals surface area contributed by atoms with Gasteiger partial charge in [-0.2, -0.15) is 0 Å². The van der Waals surface area contributed by atoms with Crippen LogP contribution in [-0.2, 0) is 10.0 Å². The molecule has 19 heavy (non-hydrogen) atoms. The van der Waals surface area contributed by atoms with Gasteiger partial charge in [0, 0.05) is 12.2 Å². The molecule has 0 radical (unpaired) electrons. The fraction of sp³-hybridized carbons (Fsp3) is 0.500. The van der Waals surface area contributed by atoms with Gasteiger partial charge >= 0.3 is 0 Å². The van der Waals surface area contributed by atoms with Crippen molar-refractivity contribution >= 4 is 21.4 Å². The largest absolute Gasteiger partial charge is 0.398 e. The van der Waals surface area contributed by atoms with Crippen molar-refractivity contribution in [2.75, 3.05) is 17.6 Å². The van der Waals surface area contributed by atoms with Crippen LogP contribution in [0.4, 0.5) is 11.4 Å². The molecule has 0 saturated heterocycles. The summed E-state index contributed by atoms with van der Waals surface area (Å²) < 4.78 is 22.4. The topological polar surface area (TPSA) is 118 Å². The number of benzene rings is 1. The standard InChI is InChI=1S/C12H19N3O3S/c13-10-7-9(3-4-11(10)19(14,17)18)15-8-12(16)5-1-2-6-12/h3-4,7,15-16H,1-2,5-6,8,13H2,(H2,14,17,18). The molecule has 6 nitrogen and oxygen atoms in total. The normalized spacial score (nSPS) is 18.4. The average molecular weight is 285 g/mol. The minimum Gasteiger partial charge on any atom is -0.398 e. The second-order valence-electron chi connectivity index (χ2n) is 5.08. The summed E-state index contributed by atoms with van der Waals surface area (Å²) in [5.41, 5.74) is 5.76. The highest BCUT2D eigenvalue weighted by molar-refractivity contribution is 7.89. The Morgan fingerprint density at radius 2 is 1.95 bits per heavy atom. The summed E-state index contributed by atoms with van der Waals surface area (Å²) in [4.78, 5) is -0.0855. The molecule has 0 spiro atoms. The molecule has 1 aliphatic carbocycles. The van der Waals surface area contributed by atoms with Crippen LogP contribution in [0, 0.1) is 0 Å². The lowest BCUT2D eigenvalue weighted by Crippen LogP contribution is -2.33. The summed E-state index contributed by atoms with van der Waals surface area (Å²) in [6.45, 7) is 0.432. The molecule has 1 saturated carbocycles. The number of nitrogens with two attached hydrogens (primary N) is 2. The van der Waals surface area contributed by atoms with E-state index in [0.717, 1.165) is 25.7 Å². The zero-order valence-corrected chi connectivity index (χ0v) is 11.4. The number of nitrogens with one attached hydrogen (secondary N) is 1. The number of anilines is 2. The van der Waals surface area contributed by atoms with E-state index < -0.39 is 15.6 Å². The molecular formula is C12H19N3O3S. The predicted molar refractivity (Wildman–Crippen MR) is 74.1 cm³/mol. The van der Waals surface area contributed by atoms with Crippen molar-refractivity contribution in [1.29, 1.82) is 0 Å². The lowest BCUT2D eigenvalue weighted by Gasteiger charge is -2.23. The SMILES string of the molecule is Nc1cc(NCC2(O)CCCC2)ccc1S(N)(=O)=O. The summed E-state index contributed by atoms with van der Waals surface area (Å²) in [5, 5.41) is 18.3. The molecule has 7 heteroatoms. The Balaban J connectivity index is 2.08. The van der Waals surface area contributed by atoms with Gasteiger partial charge in [-0.15, -0.1) is 0 Å². The van der Waals surface area contributed by atoms with Gasteiger partial charge in [0.15, 0.2) is 0 Å². The molecule has 1 fully saturated rings. The Hall–Kier alpha value is -1.31. The minimum atomic E-state index is -3.80. The van der Waals surface area contributed by atoms with Gasteiger partial charge < -0.3 is 16.2 Å². The molecule has 1 aliphatic rings. The fourth-order valence-corrected chi connectivity index (χ4v) is 3.04. The number of hydrogen-bond acceptors (Lipinski definition) is 5. The highest BCUT2D eigenvalue weighted by Gasteiger charge is 2.30. The molecule has 0 aliphatic heterocycles. The van der Waals surface area contributed by atoms with Gasteiger partial charge in [-0.3, -0.25) is 0 Å². The van der Waals surface area contributed by atoms with E-state index in [2.05, 4.69) is 5.32 Å². The lowest BCUT2D eigenvalue weighted by molar-refractivity contribution is 0.0615. The monoisotopic (exact) mass is 285 g/mol. The number of hydrogen-bond donors (Lipinski definition) is 4. The van der Waals surface area contributed by atoms with E-state index in [-0.39, 0.29) is 10.6 Å². The average Bonchev–Trinajstić information content (AvgIpc) is 2.73. The van der Waals surface area contributed by atoms with E-state index >= 15 is 0 Å². The zero-order chi connectivity index (χ0) is 14.1. The maximum Gasteiger partial charge on any atom is 0.240 e. The van der Waals surface area contributed by atoms with Crippen LogP contribution in [0.1, 0.15) is 25.7 Å². The van der Waals surface area contributed by atoms with E-state index in [0.29, 0.717) is 12.2 Å². The first-order chi connectivity index (χ1) is 8.80. The highest BCUT2D eigenvalue weighted by Crippen LogP contribution is 2.30. The van der Waals surface area contributed by atoms with Crippen LogP contribution in [-0.4, -0.2) is 25.7 Å². The van der Waals surface area contributed by atoms with Crippen molar-refractivity contribution < 1.29 is 13.5 Å². The minimum absolute atomic E-state index is 0.0855. The van der Waals surface area contributed by atoms with E-state index in [1.54, 1.807) is 6.07 Å². The molecule has 0 amide bonds. The molecule has 0 unspecified atom stereocenters. The van der Waals surface area contributed by atoms with E-state index in [4.69, 9.17) is 10.9 Å². The molecule has 106 valence electrons. The van der Waals surface area contributed by atoms with Crippen LogP contribution in [0.25, 0.3) is 0 Å². The molecular weight excluding hydrogens is 266 g/mol. The van der Waals surface area contributed by atoms with Gasteiger partial charge in [-0.1, -0.05) is 12.8 Å². The van der Waals surface area contributed by atoms with E-state index in [1.165, 1.54) is 12.1 Å². The third-order valence-corrected chi connectivity index (χ3v) is 4.46. The lowest BCUT2D eigenvalue weighted by atomic mass is 10.0. The van der Waals surface area contributed by atoms with Gasteiger partial charge in [0.25, 0.3) is 0 Å². The Labute approximate surface area is 112 Å². The molecule has 0 heterocycles. The number of aliphatic hydroxyl groups is 1. The van der Waals surface area contributed by atoms with Crippen LogP contribution in [0.5, 0.6) is 0 Å². The fourth-order valence-electron chi connectivity index (χ4n) is 2.39. The number of primary sulfonamides is 1. The van der Waals surface area contributed by atoms with Crippen molar-refractivity contribution in [1.82, 2.24) is 0 Å². The number of sulfonamides is 1. The Morgan fingerprint density at radius 3 is 2.47 bits per heavy atom. The molecule has 1 aromatic carbocycles. The molecule has 0 aromatic heterocycles. The first kappa shape index (κ1) is 14.1. The van der Waals surface area contributed by atoms with Crippen LogP contribution in [0.2, 0.25) is 0 Å². The molecule has 2 rings (SSSR count). The maximum atomic E-state index is 11.2. The van der Waals surface area contributed by atoms with Gasteiger partial charge in [0.1, 0.15) is 4.90 Å². The molecule has 0 atom stereocenters. The van der Waals surface area contributed by atoms with Crippen LogP contribution in [0.3, 0.4) is 0 Å². The Kier molecular flexibility index (Phi) is 3.71. The van der Waals surface area contributed by atoms with Crippen LogP contribution >= 0.6 is 0 Å². The summed E-state index contributed by atoms with van der Waals surface area (Å²) >= 11 is 0. The quantitative estimate of drug-likeness (QED) is 0.605.